The van der Waals surface area contributed by atoms with Crippen molar-refractivity contribution < 1.29 is 17.9 Å². The van der Waals surface area contributed by atoms with Crippen molar-refractivity contribution in [2.45, 2.75) is 37.7 Å². The number of amides is 1. The number of ether oxygens (including phenoxy) is 1. The maximum Gasteiger partial charge on any atom is 0.264 e. The van der Waals surface area contributed by atoms with Gasteiger partial charge in [0.05, 0.1) is 17.4 Å². The highest BCUT2D eigenvalue weighted by atomic mass is 32.2. The van der Waals surface area contributed by atoms with Gasteiger partial charge in [-0.05, 0) is 32.4 Å². The highest BCUT2D eigenvalue weighted by Crippen LogP contribution is 2.12. The van der Waals surface area contributed by atoms with Gasteiger partial charge in [-0.15, -0.1) is 6.58 Å². The summed E-state index contributed by atoms with van der Waals surface area (Å²) in [6.07, 6.45) is 0.0962. The molecule has 21 heavy (non-hydrogen) atoms. The molecule has 0 bridgehead atoms. The van der Waals surface area contributed by atoms with E-state index in [9.17, 15) is 13.2 Å². The summed E-state index contributed by atoms with van der Waals surface area (Å²) < 4.78 is 31.3. The number of aryl methyl sites for hydroxylation is 1. The third-order valence-corrected chi connectivity index (χ3v) is 4.29. The van der Waals surface area contributed by atoms with Crippen molar-refractivity contribution in [3.05, 3.63) is 42.0 Å². The summed E-state index contributed by atoms with van der Waals surface area (Å²) in [7, 11) is -2.35. The lowest BCUT2D eigenvalue weighted by Crippen LogP contribution is -2.33. The maximum absolute atomic E-state index is 12.1. The third-order valence-electron chi connectivity index (χ3n) is 2.90. The van der Waals surface area contributed by atoms with Gasteiger partial charge in [0.25, 0.3) is 10.0 Å². The number of hydrogen-bond donors (Lipinski definition) is 1. The van der Waals surface area contributed by atoms with Gasteiger partial charge in [-0.1, -0.05) is 23.3 Å². The zero-order chi connectivity index (χ0) is 16.0. The smallest absolute Gasteiger partial charge is 0.264 e. The minimum Gasteiger partial charge on any atom is -0.381 e. The van der Waals surface area contributed by atoms with Crippen LogP contribution in [-0.4, -0.2) is 27.5 Å². The van der Waals surface area contributed by atoms with E-state index in [2.05, 4.69) is 11.3 Å². The van der Waals surface area contributed by atoms with Gasteiger partial charge in [0.15, 0.2) is 0 Å². The zero-order valence-electron chi connectivity index (χ0n) is 12.5. The van der Waals surface area contributed by atoms with Gasteiger partial charge in [-0.3, -0.25) is 4.79 Å². The summed E-state index contributed by atoms with van der Waals surface area (Å²) in [5, 5.41) is 0. The van der Waals surface area contributed by atoms with Crippen LogP contribution in [0.2, 0.25) is 0 Å². The molecule has 0 aromatic heterocycles. The van der Waals surface area contributed by atoms with Gasteiger partial charge in [-0.25, -0.2) is 13.1 Å². The van der Waals surface area contributed by atoms with Gasteiger partial charge in [0.1, 0.15) is 0 Å². The fourth-order valence-electron chi connectivity index (χ4n) is 1.80. The number of sulfonamides is 1. The molecule has 0 aliphatic carbocycles. The van der Waals surface area contributed by atoms with Crippen LogP contribution in [0.5, 0.6) is 0 Å². The Balaban J connectivity index is 2.72. The Labute approximate surface area is 126 Å². The third kappa shape index (κ3) is 5.69. The monoisotopic (exact) mass is 311 g/mol. The fraction of sp³-hybridized carbons (Fsp3) is 0.400. The number of hydrogen-bond acceptors (Lipinski definition) is 4. The molecule has 1 unspecified atom stereocenters. The second kappa shape index (κ2) is 7.38. The molecule has 116 valence electrons. The first-order valence-corrected chi connectivity index (χ1v) is 8.02. The molecular weight excluding hydrogens is 290 g/mol. The number of methoxy groups -OCH3 is 1. The second-order valence-corrected chi connectivity index (χ2v) is 6.75. The molecule has 1 aromatic carbocycles. The Morgan fingerprint density at radius 3 is 2.33 bits per heavy atom. The summed E-state index contributed by atoms with van der Waals surface area (Å²) in [4.78, 5) is 11.9. The first kappa shape index (κ1) is 17.4. The molecule has 0 heterocycles. The van der Waals surface area contributed by atoms with E-state index in [0.717, 1.165) is 11.1 Å². The number of carbonyl (C=O) groups excluding carboxylic acids is 1. The number of rotatable bonds is 7. The Hall–Kier alpha value is -1.66. The highest BCUT2D eigenvalue weighted by Gasteiger charge is 2.20. The summed E-state index contributed by atoms with van der Waals surface area (Å²) >= 11 is 0. The highest BCUT2D eigenvalue weighted by molar-refractivity contribution is 7.90. The molecule has 1 atom stereocenters. The lowest BCUT2D eigenvalue weighted by molar-refractivity contribution is -0.121. The number of carbonyl (C=O) groups is 1. The van der Waals surface area contributed by atoms with Crippen LogP contribution in [0.1, 0.15) is 25.3 Å². The lowest BCUT2D eigenvalue weighted by Gasteiger charge is -2.15. The topological polar surface area (TPSA) is 72.5 Å². The van der Waals surface area contributed by atoms with Crippen molar-refractivity contribution >= 4 is 15.9 Å². The van der Waals surface area contributed by atoms with Crippen LogP contribution in [-0.2, 0) is 19.6 Å². The average Bonchev–Trinajstić information content (AvgIpc) is 2.37. The van der Waals surface area contributed by atoms with Crippen molar-refractivity contribution in [2.75, 3.05) is 7.11 Å². The minimum absolute atomic E-state index is 0.0333. The van der Waals surface area contributed by atoms with E-state index in [-0.39, 0.29) is 17.4 Å². The van der Waals surface area contributed by atoms with Crippen LogP contribution in [0.4, 0.5) is 0 Å². The molecule has 0 fully saturated rings. The Bertz CT molecular complexity index is 605. The van der Waals surface area contributed by atoms with E-state index in [1.165, 1.54) is 19.2 Å². The van der Waals surface area contributed by atoms with E-state index in [1.54, 1.807) is 12.1 Å². The van der Waals surface area contributed by atoms with E-state index in [0.29, 0.717) is 6.42 Å². The molecule has 1 amide bonds. The molecule has 0 radical (unpaired) electrons. The van der Waals surface area contributed by atoms with E-state index >= 15 is 0 Å². The van der Waals surface area contributed by atoms with Crippen LogP contribution >= 0.6 is 0 Å². The minimum atomic E-state index is -3.84. The first-order chi connectivity index (χ1) is 9.74. The van der Waals surface area contributed by atoms with Crippen LogP contribution in [0.25, 0.3) is 0 Å². The predicted octanol–water partition coefficient (Wildman–Crippen LogP) is 2.17. The number of nitrogens with one attached hydrogen (secondary N) is 1. The maximum atomic E-state index is 12.1. The molecule has 6 heteroatoms. The van der Waals surface area contributed by atoms with E-state index < -0.39 is 15.9 Å². The summed E-state index contributed by atoms with van der Waals surface area (Å²) in [6.45, 7) is 7.43. The molecular formula is C15H21NO4S. The standard InChI is InChI=1S/C15H21NO4S/c1-11(2)9-13(20-4)10-15(17)16-21(18,19)14-7-5-12(3)6-8-14/h5-8,13H,1,9-10H2,2-4H3,(H,16,17). The van der Waals surface area contributed by atoms with Crippen molar-refractivity contribution in [1.29, 1.82) is 0 Å². The van der Waals surface area contributed by atoms with Gasteiger partial charge < -0.3 is 4.74 Å². The number of benzene rings is 1. The van der Waals surface area contributed by atoms with Crippen LogP contribution in [0.3, 0.4) is 0 Å². The normalized spacial score (nSPS) is 12.7. The van der Waals surface area contributed by atoms with Crippen molar-refractivity contribution in [1.82, 2.24) is 4.72 Å². The summed E-state index contributed by atoms with van der Waals surface area (Å²) in [6, 6.07) is 6.29. The van der Waals surface area contributed by atoms with Crippen molar-refractivity contribution in [2.24, 2.45) is 0 Å². The van der Waals surface area contributed by atoms with Gasteiger partial charge in [-0.2, -0.15) is 0 Å². The Morgan fingerprint density at radius 2 is 1.86 bits per heavy atom. The molecule has 1 aromatic rings. The molecule has 5 nitrogen and oxygen atoms in total. The van der Waals surface area contributed by atoms with Crippen LogP contribution in [0.15, 0.2) is 41.3 Å². The molecule has 0 aliphatic rings. The zero-order valence-corrected chi connectivity index (χ0v) is 13.4. The van der Waals surface area contributed by atoms with Crippen molar-refractivity contribution in [3.63, 3.8) is 0 Å². The van der Waals surface area contributed by atoms with E-state index in [4.69, 9.17) is 4.74 Å². The largest absolute Gasteiger partial charge is 0.381 e. The fourth-order valence-corrected chi connectivity index (χ4v) is 2.80. The molecule has 0 spiro atoms. The predicted molar refractivity (Wildman–Crippen MR) is 81.4 cm³/mol. The average molecular weight is 311 g/mol. The molecule has 0 saturated carbocycles. The van der Waals surface area contributed by atoms with E-state index in [1.807, 2.05) is 13.8 Å². The molecule has 0 aliphatic heterocycles. The summed E-state index contributed by atoms with van der Waals surface area (Å²) in [5.41, 5.74) is 1.82. The SMILES string of the molecule is C=C(C)CC(CC(=O)NS(=O)(=O)c1ccc(C)cc1)OC. The molecule has 0 saturated heterocycles. The molecule has 1 N–H and O–H groups in total. The Kier molecular flexibility index (Phi) is 6.11. The van der Waals surface area contributed by atoms with Gasteiger partial charge in [0, 0.05) is 7.11 Å². The van der Waals surface area contributed by atoms with Gasteiger partial charge >= 0.3 is 0 Å². The molecule has 1 rings (SSSR count). The van der Waals surface area contributed by atoms with Crippen LogP contribution < -0.4 is 4.72 Å². The first-order valence-electron chi connectivity index (χ1n) is 6.54. The van der Waals surface area contributed by atoms with Crippen molar-refractivity contribution in [3.8, 4) is 0 Å². The summed E-state index contributed by atoms with van der Waals surface area (Å²) in [5.74, 6) is -0.594. The quantitative estimate of drug-likeness (QED) is 0.783. The van der Waals surface area contributed by atoms with Gasteiger partial charge in [0.2, 0.25) is 5.91 Å². The Morgan fingerprint density at radius 1 is 1.29 bits per heavy atom. The second-order valence-electron chi connectivity index (χ2n) is 5.06. The lowest BCUT2D eigenvalue weighted by atomic mass is 10.1. The van der Waals surface area contributed by atoms with Crippen LogP contribution in [0, 0.1) is 6.92 Å².